The quantitative estimate of drug-likeness (QED) is 0.0831. The molecule has 0 fully saturated rings. The predicted octanol–water partition coefficient (Wildman–Crippen LogP) is 10.1. The molecule has 55 heavy (non-hydrogen) atoms. The highest BCUT2D eigenvalue weighted by Gasteiger charge is 2.27. The minimum atomic E-state index is -4.38. The Kier molecular flexibility index (Phi) is 10.8. The maximum absolute atomic E-state index is 11.6. The van der Waals surface area contributed by atoms with Crippen LogP contribution in [0.2, 0.25) is 0 Å². The van der Waals surface area contributed by atoms with Crippen LogP contribution in [0, 0.1) is 0 Å². The first kappa shape index (κ1) is 38.0. The van der Waals surface area contributed by atoms with E-state index in [-0.39, 0.29) is 12.8 Å². The Bertz CT molecular complexity index is 2800. The van der Waals surface area contributed by atoms with Gasteiger partial charge in [0.2, 0.25) is 5.52 Å². The third-order valence-electron chi connectivity index (χ3n) is 9.46. The molecule has 4 aromatic carbocycles. The lowest BCUT2D eigenvalue weighted by molar-refractivity contribution is -0.668. The van der Waals surface area contributed by atoms with Crippen molar-refractivity contribution in [1.82, 2.24) is 0 Å². The van der Waals surface area contributed by atoms with Crippen LogP contribution in [-0.2, 0) is 26.8 Å². The molecule has 1 aliphatic rings. The molecule has 0 spiro atoms. The van der Waals surface area contributed by atoms with Gasteiger partial charge in [-0.25, -0.2) is 16.8 Å². The summed E-state index contributed by atoms with van der Waals surface area (Å²) in [6, 6.07) is 33.6. The normalized spacial score (nSPS) is 14.6. The number of thiazole rings is 1. The van der Waals surface area contributed by atoms with E-state index in [9.17, 15) is 25.9 Å². The molecule has 0 saturated carbocycles. The van der Waals surface area contributed by atoms with Crippen molar-refractivity contribution in [1.29, 1.82) is 0 Å². The van der Waals surface area contributed by atoms with Crippen LogP contribution in [0.1, 0.15) is 31.2 Å². The topological polar surface area (TPSA) is 122 Å². The van der Waals surface area contributed by atoms with Gasteiger partial charge in [-0.3, -0.25) is 0 Å². The number of benzene rings is 4. The lowest BCUT2D eigenvalue weighted by atomic mass is 10.1. The lowest BCUT2D eigenvalue weighted by Crippen LogP contribution is -2.36. The van der Waals surface area contributed by atoms with Gasteiger partial charge in [0.15, 0.2) is 6.54 Å². The number of aromatic nitrogens is 1. The SMILES string of the molecule is CCC(/C=C1\Sc2ccc(-c3cc4ccccc4s3)cc2N1CCCS(=O)(=O)[O-])=C\c1sc2ccc(-c3cc4ccccc4s3)cc2[n+]1CCCS(=O)(=O)[O-]. The molecule has 282 valence electrons. The van der Waals surface area contributed by atoms with E-state index < -0.39 is 31.7 Å². The highest BCUT2D eigenvalue weighted by atomic mass is 32.2. The lowest BCUT2D eigenvalue weighted by Gasteiger charge is -2.21. The van der Waals surface area contributed by atoms with Crippen LogP contribution in [0.3, 0.4) is 0 Å². The fourth-order valence-corrected chi connectivity index (χ4v) is 12.2. The summed E-state index contributed by atoms with van der Waals surface area (Å²) in [6.45, 7) is 2.78. The van der Waals surface area contributed by atoms with E-state index in [0.29, 0.717) is 19.5 Å². The molecule has 8 rings (SSSR count). The molecular formula is C41H35N2O6S6-. The third-order valence-corrected chi connectivity index (χ3v) is 15.6. The van der Waals surface area contributed by atoms with Crippen LogP contribution < -0.4 is 9.47 Å². The fraction of sp³-hybridized carbons (Fsp3) is 0.195. The highest BCUT2D eigenvalue weighted by Crippen LogP contribution is 2.49. The zero-order valence-corrected chi connectivity index (χ0v) is 34.5. The molecule has 4 heterocycles. The summed E-state index contributed by atoms with van der Waals surface area (Å²) in [5.74, 6) is -0.902. The molecule has 0 amide bonds. The minimum Gasteiger partial charge on any atom is -0.748 e. The Balaban J connectivity index is 1.17. The summed E-state index contributed by atoms with van der Waals surface area (Å²) < 4.78 is 75.2. The van der Waals surface area contributed by atoms with E-state index in [2.05, 4.69) is 101 Å². The highest BCUT2D eigenvalue weighted by molar-refractivity contribution is 8.03. The first-order valence-corrected chi connectivity index (χ1v) is 24.2. The molecule has 8 nitrogen and oxygen atoms in total. The predicted molar refractivity (Wildman–Crippen MR) is 228 cm³/mol. The van der Waals surface area contributed by atoms with Gasteiger partial charge in [0.05, 0.1) is 31.0 Å². The van der Waals surface area contributed by atoms with E-state index >= 15 is 0 Å². The zero-order chi connectivity index (χ0) is 38.3. The average molecular weight is 844 g/mol. The van der Waals surface area contributed by atoms with Gasteiger partial charge in [-0.2, -0.15) is 4.57 Å². The van der Waals surface area contributed by atoms with Gasteiger partial charge in [-0.05, 0) is 88.9 Å². The molecule has 0 unspecified atom stereocenters. The van der Waals surface area contributed by atoms with Crippen molar-refractivity contribution in [3.8, 4) is 20.9 Å². The molecule has 7 aromatic rings. The summed E-state index contributed by atoms with van der Waals surface area (Å²) in [5.41, 5.74) is 5.08. The molecule has 1 aliphatic heterocycles. The fourth-order valence-electron chi connectivity index (χ4n) is 6.79. The Morgan fingerprint density at radius 2 is 1.35 bits per heavy atom. The number of hydrogen-bond donors (Lipinski definition) is 0. The van der Waals surface area contributed by atoms with E-state index in [1.807, 2.05) is 24.3 Å². The second-order valence-electron chi connectivity index (χ2n) is 13.3. The molecule has 14 heteroatoms. The van der Waals surface area contributed by atoms with Crippen LogP contribution >= 0.6 is 45.8 Å². The van der Waals surface area contributed by atoms with Crippen molar-refractivity contribution >= 4 is 108 Å². The number of fused-ring (bicyclic) bond motifs is 4. The van der Waals surface area contributed by atoms with E-state index in [1.54, 1.807) is 45.8 Å². The van der Waals surface area contributed by atoms with Crippen molar-refractivity contribution < 1.29 is 30.5 Å². The van der Waals surface area contributed by atoms with Crippen molar-refractivity contribution in [3.05, 3.63) is 119 Å². The average Bonchev–Trinajstić information content (AvgIpc) is 3.93. The van der Waals surface area contributed by atoms with E-state index in [4.69, 9.17) is 0 Å². The standard InChI is InChI=1S/C41H36N2O6S6/c1-2-27(21-40-42(17-7-19-54(44,45)46)32-23-30(13-15-36(32)52-40)38-25-28-9-3-5-11-34(28)50-38)22-41-43(18-8-20-55(47,48)49)33-24-31(14-16-37(33)53-41)39-26-29-10-4-6-12-35(29)51-39/h3-6,9-16,21-26H,2,7-8,17-20H2,1H3,(H-,44,45,46,47,48,49)/p-1. The number of nitrogens with zero attached hydrogens (tertiary/aromatic N) is 2. The number of aryl methyl sites for hydroxylation is 1. The first-order valence-electron chi connectivity index (χ1n) is 17.7. The smallest absolute Gasteiger partial charge is 0.263 e. The Morgan fingerprint density at radius 1 is 0.727 bits per heavy atom. The summed E-state index contributed by atoms with van der Waals surface area (Å²) >= 11 is 6.67. The maximum Gasteiger partial charge on any atom is 0.263 e. The Hall–Kier alpha value is -3.86. The summed E-state index contributed by atoms with van der Waals surface area (Å²) in [5, 5.41) is 4.21. The van der Waals surface area contributed by atoms with E-state index in [1.165, 1.54) is 20.2 Å². The van der Waals surface area contributed by atoms with E-state index in [0.717, 1.165) is 57.3 Å². The second kappa shape index (κ2) is 15.6. The van der Waals surface area contributed by atoms with Crippen LogP contribution in [0.4, 0.5) is 5.69 Å². The largest absolute Gasteiger partial charge is 0.748 e. The monoisotopic (exact) mass is 843 g/mol. The second-order valence-corrected chi connectivity index (χ2v) is 20.6. The van der Waals surface area contributed by atoms with Gasteiger partial charge in [-0.15, -0.1) is 22.7 Å². The Labute approximate surface area is 336 Å². The summed E-state index contributed by atoms with van der Waals surface area (Å²) in [4.78, 5) is 5.43. The number of thioether (sulfide) groups is 1. The molecular weight excluding hydrogens is 809 g/mol. The van der Waals surface area contributed by atoms with Crippen LogP contribution in [0.15, 0.2) is 119 Å². The third kappa shape index (κ3) is 8.61. The van der Waals surface area contributed by atoms with Gasteiger partial charge >= 0.3 is 0 Å². The van der Waals surface area contributed by atoms with Gasteiger partial charge < -0.3 is 14.0 Å². The molecule has 0 saturated heterocycles. The Morgan fingerprint density at radius 3 is 1.98 bits per heavy atom. The van der Waals surface area contributed by atoms with Crippen molar-refractivity contribution in [2.45, 2.75) is 37.6 Å². The van der Waals surface area contributed by atoms with Crippen molar-refractivity contribution in [3.63, 3.8) is 0 Å². The molecule has 0 bridgehead atoms. The minimum absolute atomic E-state index is 0.183. The molecule has 0 N–H and O–H groups in total. The van der Waals surface area contributed by atoms with Gasteiger partial charge in [0.1, 0.15) is 4.70 Å². The first-order chi connectivity index (χ1) is 26.4. The maximum atomic E-state index is 11.6. The zero-order valence-electron chi connectivity index (χ0n) is 29.6. The van der Waals surface area contributed by atoms with Crippen molar-refractivity contribution in [2.75, 3.05) is 23.0 Å². The van der Waals surface area contributed by atoms with Crippen LogP contribution in [0.25, 0.3) is 57.3 Å². The van der Waals surface area contributed by atoms with Gasteiger partial charge in [0, 0.05) is 60.7 Å². The van der Waals surface area contributed by atoms with Crippen LogP contribution in [0.5, 0.6) is 0 Å². The number of hydrogen-bond acceptors (Lipinski definition) is 11. The number of anilines is 1. The number of rotatable bonds is 13. The molecule has 3 aromatic heterocycles. The van der Waals surface area contributed by atoms with Crippen molar-refractivity contribution in [2.24, 2.45) is 0 Å². The molecule has 0 atom stereocenters. The summed E-state index contributed by atoms with van der Waals surface area (Å²) in [7, 11) is -8.76. The summed E-state index contributed by atoms with van der Waals surface area (Å²) in [6.07, 6.45) is 5.29. The molecule has 0 radical (unpaired) electrons. The number of allylic oxidation sites excluding steroid dienone is 2. The van der Waals surface area contributed by atoms with Gasteiger partial charge in [-0.1, -0.05) is 78.6 Å². The van der Waals surface area contributed by atoms with Crippen LogP contribution in [-0.4, -0.2) is 44.0 Å². The molecule has 0 aliphatic carbocycles. The number of thiophene rings is 2. The van der Waals surface area contributed by atoms with Gasteiger partial charge in [0.25, 0.3) is 5.01 Å².